The number of aliphatic imine (C=N–C) groups is 1. The van der Waals surface area contributed by atoms with E-state index in [9.17, 15) is 10.1 Å². The first-order chi connectivity index (χ1) is 13.2. The number of pyridine rings is 1. The number of nitrogens with one attached hydrogen (secondary N) is 1. The lowest BCUT2D eigenvalue weighted by atomic mass is 9.77. The molecule has 1 aliphatic rings. The maximum atomic E-state index is 13.1. The molecular formula is C21H20N4OS. The van der Waals surface area contributed by atoms with Gasteiger partial charge >= 0.3 is 0 Å². The van der Waals surface area contributed by atoms with Crippen LogP contribution in [0.5, 0.6) is 0 Å². The van der Waals surface area contributed by atoms with Crippen molar-refractivity contribution in [3.05, 3.63) is 71.0 Å². The first-order valence-electron chi connectivity index (χ1n) is 8.73. The van der Waals surface area contributed by atoms with Gasteiger partial charge in [0.1, 0.15) is 5.03 Å². The van der Waals surface area contributed by atoms with E-state index in [0.717, 1.165) is 17.0 Å². The fraction of sp³-hybridized carbons (Fsp3) is 0.238. The van der Waals surface area contributed by atoms with Gasteiger partial charge in [0, 0.05) is 29.7 Å². The molecular weight excluding hydrogens is 356 g/mol. The van der Waals surface area contributed by atoms with Gasteiger partial charge < -0.3 is 5.32 Å². The lowest BCUT2D eigenvalue weighted by Crippen LogP contribution is -2.36. The summed E-state index contributed by atoms with van der Waals surface area (Å²) in [6.45, 7) is 3.88. The van der Waals surface area contributed by atoms with Crippen molar-refractivity contribution in [3.8, 4) is 6.07 Å². The summed E-state index contributed by atoms with van der Waals surface area (Å²) in [4.78, 5) is 21.8. The average molecular weight is 376 g/mol. The summed E-state index contributed by atoms with van der Waals surface area (Å²) in [5.74, 6) is -0.296. The van der Waals surface area contributed by atoms with Crippen LogP contribution in [0.15, 0.2) is 70.5 Å². The predicted octanol–water partition coefficient (Wildman–Crippen LogP) is 4.38. The number of nitrogens with zero attached hydrogens (tertiary/aromatic N) is 3. The van der Waals surface area contributed by atoms with E-state index in [2.05, 4.69) is 21.4 Å². The van der Waals surface area contributed by atoms with Crippen LogP contribution >= 0.6 is 11.8 Å². The van der Waals surface area contributed by atoms with E-state index in [4.69, 9.17) is 0 Å². The predicted molar refractivity (Wildman–Crippen MR) is 109 cm³/mol. The van der Waals surface area contributed by atoms with E-state index in [1.54, 1.807) is 12.4 Å². The Balaban J connectivity index is 2.04. The van der Waals surface area contributed by atoms with E-state index < -0.39 is 5.92 Å². The number of amides is 1. The number of nitriles is 1. The van der Waals surface area contributed by atoms with Gasteiger partial charge in [-0.05, 0) is 42.5 Å². The van der Waals surface area contributed by atoms with Gasteiger partial charge in [0.25, 0.3) is 0 Å². The van der Waals surface area contributed by atoms with E-state index >= 15 is 0 Å². The summed E-state index contributed by atoms with van der Waals surface area (Å²) in [5, 5.41) is 13.5. The topological polar surface area (TPSA) is 78.1 Å². The van der Waals surface area contributed by atoms with Gasteiger partial charge in [-0.1, -0.05) is 25.1 Å². The van der Waals surface area contributed by atoms with Crippen molar-refractivity contribution in [1.29, 1.82) is 5.26 Å². The van der Waals surface area contributed by atoms with Crippen molar-refractivity contribution < 1.29 is 4.79 Å². The first kappa shape index (κ1) is 18.9. The van der Waals surface area contributed by atoms with Crippen LogP contribution < -0.4 is 5.32 Å². The monoisotopic (exact) mass is 376 g/mol. The van der Waals surface area contributed by atoms with Crippen LogP contribution in [0.2, 0.25) is 0 Å². The van der Waals surface area contributed by atoms with E-state index in [-0.39, 0.29) is 11.8 Å². The minimum atomic E-state index is -0.552. The van der Waals surface area contributed by atoms with E-state index in [1.807, 2.05) is 56.3 Å². The van der Waals surface area contributed by atoms with Crippen molar-refractivity contribution in [2.45, 2.75) is 19.8 Å². The third kappa shape index (κ3) is 4.09. The smallest absolute Gasteiger partial charge is 0.234 e. The molecule has 136 valence electrons. The van der Waals surface area contributed by atoms with Gasteiger partial charge in [-0.15, -0.1) is 11.8 Å². The highest BCUT2D eigenvalue weighted by Crippen LogP contribution is 2.41. The standard InChI is InChI=1S/C21H20N4OS/c1-3-27-21-17(13-22)19(15-9-11-23-12-10-15)18(14(2)24-21)20(26)25-16-7-5-4-6-8-16/h4-12,18-19H,3H2,1-2H3,(H,25,26)/t18?,19-/m1/s1. The lowest BCUT2D eigenvalue weighted by Gasteiger charge is -2.30. The minimum Gasteiger partial charge on any atom is -0.325 e. The highest BCUT2D eigenvalue weighted by Gasteiger charge is 2.39. The number of carbonyl (C=O) groups excluding carboxylic acids is 1. The number of allylic oxidation sites excluding steroid dienone is 1. The third-order valence-corrected chi connectivity index (χ3v) is 5.27. The molecule has 2 atom stereocenters. The molecule has 1 aliphatic heterocycles. The van der Waals surface area contributed by atoms with Crippen LogP contribution in [0.25, 0.3) is 0 Å². The zero-order valence-corrected chi connectivity index (χ0v) is 16.0. The van der Waals surface area contributed by atoms with Gasteiger partial charge in [-0.2, -0.15) is 5.26 Å². The van der Waals surface area contributed by atoms with Crippen LogP contribution in [0.3, 0.4) is 0 Å². The number of hydrogen-bond acceptors (Lipinski definition) is 5. The number of para-hydroxylation sites is 1. The molecule has 2 heterocycles. The molecule has 0 spiro atoms. The molecule has 5 nitrogen and oxygen atoms in total. The number of anilines is 1. The minimum absolute atomic E-state index is 0.169. The van der Waals surface area contributed by atoms with Crippen LogP contribution in [0.4, 0.5) is 5.69 Å². The summed E-state index contributed by atoms with van der Waals surface area (Å²) in [7, 11) is 0. The van der Waals surface area contributed by atoms with E-state index in [0.29, 0.717) is 16.3 Å². The Morgan fingerprint density at radius 1 is 1.22 bits per heavy atom. The van der Waals surface area contributed by atoms with Crippen LogP contribution in [-0.4, -0.2) is 22.4 Å². The molecule has 0 saturated carbocycles. The molecule has 1 amide bonds. The molecule has 0 aliphatic carbocycles. The number of benzene rings is 1. The van der Waals surface area contributed by atoms with Crippen molar-refractivity contribution in [1.82, 2.24) is 4.98 Å². The Kier molecular flexibility index (Phi) is 6.05. The fourth-order valence-electron chi connectivity index (χ4n) is 3.21. The second-order valence-corrected chi connectivity index (χ2v) is 7.36. The number of thioether (sulfide) groups is 1. The molecule has 0 saturated heterocycles. The Morgan fingerprint density at radius 2 is 1.93 bits per heavy atom. The van der Waals surface area contributed by atoms with Gasteiger partial charge in [-0.3, -0.25) is 9.78 Å². The van der Waals surface area contributed by atoms with Crippen molar-refractivity contribution >= 4 is 29.1 Å². The number of rotatable bonds is 5. The molecule has 0 radical (unpaired) electrons. The molecule has 2 aromatic rings. The summed E-state index contributed by atoms with van der Waals surface area (Å²) >= 11 is 1.53. The summed E-state index contributed by atoms with van der Waals surface area (Å²) in [5.41, 5.74) is 2.85. The molecule has 3 rings (SSSR count). The molecule has 0 bridgehead atoms. The molecule has 1 aromatic carbocycles. The van der Waals surface area contributed by atoms with E-state index in [1.165, 1.54) is 11.8 Å². The molecule has 1 unspecified atom stereocenters. The molecule has 1 N–H and O–H groups in total. The highest BCUT2D eigenvalue weighted by molar-refractivity contribution is 8.03. The highest BCUT2D eigenvalue weighted by atomic mass is 32.2. The van der Waals surface area contributed by atoms with Gasteiger partial charge in [0.05, 0.1) is 17.6 Å². The third-order valence-electron chi connectivity index (χ3n) is 4.39. The molecule has 27 heavy (non-hydrogen) atoms. The zero-order valence-electron chi connectivity index (χ0n) is 15.2. The summed E-state index contributed by atoms with van der Waals surface area (Å²) in [6, 6.07) is 15.3. The molecule has 0 fully saturated rings. The Morgan fingerprint density at radius 3 is 2.56 bits per heavy atom. The first-order valence-corrected chi connectivity index (χ1v) is 9.72. The largest absolute Gasteiger partial charge is 0.325 e. The van der Waals surface area contributed by atoms with Crippen molar-refractivity contribution in [2.24, 2.45) is 10.9 Å². The Bertz CT molecular complexity index is 916. The average Bonchev–Trinajstić information content (AvgIpc) is 2.69. The second-order valence-electron chi connectivity index (χ2n) is 6.11. The van der Waals surface area contributed by atoms with Gasteiger partial charge in [0.2, 0.25) is 5.91 Å². The Labute approximate surface area is 163 Å². The fourth-order valence-corrected chi connectivity index (χ4v) is 4.02. The summed E-state index contributed by atoms with van der Waals surface area (Å²) < 4.78 is 0. The van der Waals surface area contributed by atoms with Crippen molar-refractivity contribution in [2.75, 3.05) is 11.1 Å². The van der Waals surface area contributed by atoms with Gasteiger partial charge in [0.15, 0.2) is 0 Å². The summed E-state index contributed by atoms with van der Waals surface area (Å²) in [6.07, 6.45) is 3.37. The van der Waals surface area contributed by atoms with Crippen LogP contribution in [0, 0.1) is 17.2 Å². The Hall–Kier alpha value is -2.91. The maximum absolute atomic E-state index is 13.1. The quantitative estimate of drug-likeness (QED) is 0.840. The number of carbonyl (C=O) groups is 1. The lowest BCUT2D eigenvalue weighted by molar-refractivity contribution is -0.118. The maximum Gasteiger partial charge on any atom is 0.234 e. The zero-order chi connectivity index (χ0) is 19.2. The normalized spacial score (nSPS) is 19.2. The number of hydrogen-bond donors (Lipinski definition) is 1. The van der Waals surface area contributed by atoms with Crippen molar-refractivity contribution in [3.63, 3.8) is 0 Å². The van der Waals surface area contributed by atoms with Gasteiger partial charge in [-0.25, -0.2) is 4.99 Å². The molecule has 6 heteroatoms. The van der Waals surface area contributed by atoms with Crippen LogP contribution in [-0.2, 0) is 4.79 Å². The number of aromatic nitrogens is 1. The second kappa shape index (κ2) is 8.65. The van der Waals surface area contributed by atoms with Crippen LogP contribution in [0.1, 0.15) is 25.3 Å². The SMILES string of the molecule is CCSC1=C(C#N)[C@@H](c2ccncc2)C(C(=O)Nc2ccccc2)C(C)=N1. The molecule has 1 aromatic heterocycles.